The third-order valence-corrected chi connectivity index (χ3v) is 4.97. The first-order valence-corrected chi connectivity index (χ1v) is 9.18. The molecule has 28 heavy (non-hydrogen) atoms. The van der Waals surface area contributed by atoms with Crippen molar-refractivity contribution in [1.82, 2.24) is 4.98 Å². The van der Waals surface area contributed by atoms with E-state index in [1.54, 1.807) is 5.38 Å². The summed E-state index contributed by atoms with van der Waals surface area (Å²) in [7, 11) is 0. The molecular formula is C19H14N2O6S. The minimum absolute atomic E-state index is 0.0400. The number of fused-ring (bicyclic) bond motifs is 1. The van der Waals surface area contributed by atoms with Crippen molar-refractivity contribution >= 4 is 23.0 Å². The van der Waals surface area contributed by atoms with Crippen LogP contribution in [0.2, 0.25) is 0 Å². The number of ether oxygens (including phenoxy) is 3. The molecule has 4 rings (SSSR count). The van der Waals surface area contributed by atoms with Crippen molar-refractivity contribution in [2.45, 2.75) is 13.2 Å². The number of rotatable bonds is 5. The van der Waals surface area contributed by atoms with Crippen LogP contribution < -0.4 is 4.74 Å². The first-order valence-electron chi connectivity index (χ1n) is 8.30. The van der Waals surface area contributed by atoms with Crippen molar-refractivity contribution in [1.29, 1.82) is 0 Å². The van der Waals surface area contributed by atoms with E-state index in [9.17, 15) is 14.9 Å². The first-order chi connectivity index (χ1) is 13.6. The molecule has 0 fully saturated rings. The smallest absolute Gasteiger partial charge is 0.358 e. The zero-order valence-corrected chi connectivity index (χ0v) is 15.3. The van der Waals surface area contributed by atoms with Crippen LogP contribution in [0, 0.1) is 10.1 Å². The topological polar surface area (TPSA) is 101 Å². The molecule has 3 aromatic rings. The summed E-state index contributed by atoms with van der Waals surface area (Å²) in [5, 5.41) is 13.5. The Kier molecular flexibility index (Phi) is 5.00. The molecule has 1 aromatic heterocycles. The molecule has 1 aliphatic rings. The number of nitro benzene ring substituents is 1. The maximum absolute atomic E-state index is 12.4. The Morgan fingerprint density at radius 3 is 2.89 bits per heavy atom. The van der Waals surface area contributed by atoms with Crippen LogP contribution in [0.3, 0.4) is 0 Å². The summed E-state index contributed by atoms with van der Waals surface area (Å²) in [5.74, 6) is -0.154. The molecule has 0 amide bonds. The summed E-state index contributed by atoms with van der Waals surface area (Å²) in [6.45, 7) is 0.0732. The number of benzene rings is 2. The van der Waals surface area contributed by atoms with Gasteiger partial charge in [-0.05, 0) is 0 Å². The Morgan fingerprint density at radius 2 is 2.11 bits per heavy atom. The second-order valence-electron chi connectivity index (χ2n) is 5.94. The van der Waals surface area contributed by atoms with Crippen LogP contribution in [0.4, 0.5) is 5.69 Å². The van der Waals surface area contributed by atoms with Crippen molar-refractivity contribution in [3.8, 4) is 16.3 Å². The largest absolute Gasteiger partial charge is 0.467 e. The van der Waals surface area contributed by atoms with Crippen molar-refractivity contribution in [3.63, 3.8) is 0 Å². The normalized spacial score (nSPS) is 12.7. The summed E-state index contributed by atoms with van der Waals surface area (Å²) >= 11 is 1.34. The molecule has 8 nitrogen and oxygen atoms in total. The highest BCUT2D eigenvalue weighted by molar-refractivity contribution is 7.13. The number of non-ortho nitro benzene ring substituents is 1. The van der Waals surface area contributed by atoms with E-state index in [1.165, 1.54) is 23.5 Å². The molecule has 9 heteroatoms. The molecule has 0 saturated heterocycles. The molecule has 0 bridgehead atoms. The summed E-state index contributed by atoms with van der Waals surface area (Å²) in [6.07, 6.45) is 0. The Bertz CT molecular complexity index is 1030. The number of thiazole rings is 1. The molecule has 0 saturated carbocycles. The molecule has 1 aliphatic heterocycles. The van der Waals surface area contributed by atoms with Crippen LogP contribution in [-0.2, 0) is 22.7 Å². The Labute approximate surface area is 163 Å². The van der Waals surface area contributed by atoms with Gasteiger partial charge < -0.3 is 14.2 Å². The van der Waals surface area contributed by atoms with Crippen LogP contribution in [0.15, 0.2) is 47.8 Å². The number of hydrogen-bond donors (Lipinski definition) is 0. The lowest BCUT2D eigenvalue weighted by Crippen LogP contribution is -2.15. The monoisotopic (exact) mass is 398 g/mol. The van der Waals surface area contributed by atoms with Gasteiger partial charge in [0.2, 0.25) is 0 Å². The summed E-state index contributed by atoms with van der Waals surface area (Å²) < 4.78 is 15.9. The third-order valence-electron chi connectivity index (χ3n) is 4.08. The highest BCUT2D eigenvalue weighted by Crippen LogP contribution is 2.33. The second kappa shape index (κ2) is 7.75. The van der Waals surface area contributed by atoms with Gasteiger partial charge in [0.1, 0.15) is 17.4 Å². The van der Waals surface area contributed by atoms with E-state index >= 15 is 0 Å². The molecule has 0 aliphatic carbocycles. The summed E-state index contributed by atoms with van der Waals surface area (Å²) in [4.78, 5) is 27.3. The van der Waals surface area contributed by atoms with Gasteiger partial charge in [-0.1, -0.05) is 30.3 Å². The van der Waals surface area contributed by atoms with E-state index in [-0.39, 0.29) is 31.4 Å². The molecule has 0 unspecified atom stereocenters. The fourth-order valence-corrected chi connectivity index (χ4v) is 3.59. The van der Waals surface area contributed by atoms with Gasteiger partial charge in [0.25, 0.3) is 5.69 Å². The van der Waals surface area contributed by atoms with Crippen molar-refractivity contribution in [2.75, 3.05) is 6.79 Å². The predicted octanol–water partition coefficient (Wildman–Crippen LogP) is 3.94. The zero-order valence-electron chi connectivity index (χ0n) is 14.5. The molecule has 0 radical (unpaired) electrons. The Morgan fingerprint density at radius 1 is 1.29 bits per heavy atom. The molecule has 2 aromatic carbocycles. The number of carbonyl (C=O) groups excluding carboxylic acids is 1. The van der Waals surface area contributed by atoms with E-state index < -0.39 is 10.9 Å². The highest BCUT2D eigenvalue weighted by Gasteiger charge is 2.22. The molecule has 2 heterocycles. The van der Waals surface area contributed by atoms with Crippen LogP contribution in [0.1, 0.15) is 21.6 Å². The second-order valence-corrected chi connectivity index (χ2v) is 6.80. The van der Waals surface area contributed by atoms with Gasteiger partial charge in [-0.15, -0.1) is 11.3 Å². The minimum Gasteiger partial charge on any atom is -0.467 e. The van der Waals surface area contributed by atoms with Gasteiger partial charge >= 0.3 is 5.97 Å². The number of hydrogen-bond acceptors (Lipinski definition) is 8. The predicted molar refractivity (Wildman–Crippen MR) is 100 cm³/mol. The molecular weight excluding hydrogens is 384 g/mol. The molecule has 0 spiro atoms. The zero-order chi connectivity index (χ0) is 19.5. The fraction of sp³-hybridized carbons (Fsp3) is 0.158. The van der Waals surface area contributed by atoms with Crippen molar-refractivity contribution in [2.24, 2.45) is 0 Å². The van der Waals surface area contributed by atoms with Crippen LogP contribution >= 0.6 is 11.3 Å². The average molecular weight is 398 g/mol. The van der Waals surface area contributed by atoms with E-state index in [4.69, 9.17) is 14.2 Å². The molecule has 0 N–H and O–H groups in total. The van der Waals surface area contributed by atoms with Crippen molar-refractivity contribution in [3.05, 3.63) is 74.8 Å². The molecule has 0 atom stereocenters. The SMILES string of the molecule is O=C(OCc1cc([N+](=O)[O-])cc2c1OCOC2)c1csc(-c2ccccc2)n1. The number of nitrogens with zero attached hydrogens (tertiary/aromatic N) is 2. The van der Waals surface area contributed by atoms with Gasteiger partial charge in [-0.25, -0.2) is 9.78 Å². The van der Waals surface area contributed by atoms with Gasteiger partial charge in [0.05, 0.1) is 11.5 Å². The van der Waals surface area contributed by atoms with E-state index in [0.717, 1.165) is 5.56 Å². The highest BCUT2D eigenvalue weighted by atomic mass is 32.1. The number of carbonyl (C=O) groups is 1. The van der Waals surface area contributed by atoms with Gasteiger partial charge in [-0.2, -0.15) is 0 Å². The lowest BCUT2D eigenvalue weighted by Gasteiger charge is -2.20. The standard InChI is InChI=1S/C19H14N2O6S/c22-19(16-10-28-18(20-16)12-4-2-1-3-5-12)26-9-14-7-15(21(23)24)6-13-8-25-11-27-17(13)14/h1-7,10H,8-9,11H2. The summed E-state index contributed by atoms with van der Waals surface area (Å²) in [6, 6.07) is 12.2. The lowest BCUT2D eigenvalue weighted by atomic mass is 10.1. The van der Waals surface area contributed by atoms with Crippen LogP contribution in [-0.4, -0.2) is 22.7 Å². The van der Waals surface area contributed by atoms with Gasteiger partial charge in [0, 0.05) is 34.2 Å². The first kappa shape index (κ1) is 18.1. The minimum atomic E-state index is -0.606. The van der Waals surface area contributed by atoms with Gasteiger partial charge in [-0.3, -0.25) is 10.1 Å². The number of aromatic nitrogens is 1. The maximum atomic E-state index is 12.4. The Balaban J connectivity index is 1.52. The Hall–Kier alpha value is -3.30. The quantitative estimate of drug-likeness (QED) is 0.364. The van der Waals surface area contributed by atoms with E-state index in [1.807, 2.05) is 30.3 Å². The maximum Gasteiger partial charge on any atom is 0.358 e. The van der Waals surface area contributed by atoms with Gasteiger partial charge in [0.15, 0.2) is 12.5 Å². The third kappa shape index (κ3) is 3.71. The van der Waals surface area contributed by atoms with Crippen LogP contribution in [0.5, 0.6) is 5.75 Å². The van der Waals surface area contributed by atoms with Crippen LogP contribution in [0.25, 0.3) is 10.6 Å². The average Bonchev–Trinajstić information content (AvgIpc) is 3.22. The lowest BCUT2D eigenvalue weighted by molar-refractivity contribution is -0.385. The van der Waals surface area contributed by atoms with E-state index in [2.05, 4.69) is 4.98 Å². The fourth-order valence-electron chi connectivity index (χ4n) is 2.79. The number of nitro groups is 1. The molecule has 142 valence electrons. The summed E-state index contributed by atoms with van der Waals surface area (Å²) in [5.41, 5.74) is 1.95. The van der Waals surface area contributed by atoms with E-state index in [0.29, 0.717) is 21.9 Å². The van der Waals surface area contributed by atoms with Crippen molar-refractivity contribution < 1.29 is 23.9 Å². The number of esters is 1.